The van der Waals surface area contributed by atoms with Gasteiger partial charge < -0.3 is 14.6 Å². The third-order valence-corrected chi connectivity index (χ3v) is 4.38. The number of fused-ring (bicyclic) bond motifs is 1. The molecule has 0 radical (unpaired) electrons. The van der Waals surface area contributed by atoms with Crippen LogP contribution in [0.25, 0.3) is 0 Å². The second-order valence-corrected chi connectivity index (χ2v) is 6.15. The summed E-state index contributed by atoms with van der Waals surface area (Å²) in [6.07, 6.45) is 2.22. The molecule has 1 aromatic carbocycles. The molecule has 19 heavy (non-hydrogen) atoms. The Labute approximate surface area is 114 Å². The first-order chi connectivity index (χ1) is 9.10. The van der Waals surface area contributed by atoms with Crippen LogP contribution in [0.15, 0.2) is 24.3 Å². The molecule has 3 atom stereocenters. The summed E-state index contributed by atoms with van der Waals surface area (Å²) in [7, 11) is 0. The first-order valence-electron chi connectivity index (χ1n) is 7.17. The highest BCUT2D eigenvalue weighted by Gasteiger charge is 2.45. The summed E-state index contributed by atoms with van der Waals surface area (Å²) in [5, 5.41) is 10.4. The lowest BCUT2D eigenvalue weighted by atomic mass is 9.79. The van der Waals surface area contributed by atoms with Gasteiger partial charge in [-0.05, 0) is 12.0 Å². The molecule has 2 unspecified atom stereocenters. The normalized spacial score (nSPS) is 34.1. The highest BCUT2D eigenvalue weighted by atomic mass is 16.5. The zero-order valence-corrected chi connectivity index (χ0v) is 11.6. The third-order valence-electron chi connectivity index (χ3n) is 4.38. The predicted octanol–water partition coefficient (Wildman–Crippen LogP) is 3.08. The van der Waals surface area contributed by atoms with Gasteiger partial charge in [-0.15, -0.1) is 0 Å². The van der Waals surface area contributed by atoms with E-state index in [1.54, 1.807) is 0 Å². The van der Waals surface area contributed by atoms with Crippen molar-refractivity contribution in [2.45, 2.75) is 50.9 Å². The van der Waals surface area contributed by atoms with Gasteiger partial charge in [-0.3, -0.25) is 0 Å². The largest absolute Gasteiger partial charge is 0.487 e. The van der Waals surface area contributed by atoms with Crippen LogP contribution >= 0.6 is 0 Å². The highest BCUT2D eigenvalue weighted by molar-refractivity contribution is 5.38. The summed E-state index contributed by atoms with van der Waals surface area (Å²) in [6.45, 7) is 5.07. The molecule has 2 aliphatic heterocycles. The van der Waals surface area contributed by atoms with Gasteiger partial charge in [0.15, 0.2) is 0 Å². The Balaban J connectivity index is 1.87. The average Bonchev–Trinajstić information content (AvgIpc) is 2.38. The Morgan fingerprint density at radius 1 is 1.26 bits per heavy atom. The van der Waals surface area contributed by atoms with Crippen LogP contribution in [-0.2, 0) is 4.74 Å². The van der Waals surface area contributed by atoms with E-state index >= 15 is 0 Å². The van der Waals surface area contributed by atoms with Crippen LogP contribution in [0, 0.1) is 5.92 Å². The molecular weight excluding hydrogens is 240 g/mol. The van der Waals surface area contributed by atoms with Crippen molar-refractivity contribution in [3.05, 3.63) is 29.8 Å². The molecule has 0 amide bonds. The molecule has 1 fully saturated rings. The van der Waals surface area contributed by atoms with E-state index in [0.717, 1.165) is 30.8 Å². The molecule has 104 valence electrons. The van der Waals surface area contributed by atoms with Gasteiger partial charge in [-0.2, -0.15) is 0 Å². The van der Waals surface area contributed by atoms with Gasteiger partial charge in [0.05, 0.1) is 18.8 Å². The Hall–Kier alpha value is -1.06. The van der Waals surface area contributed by atoms with Crippen molar-refractivity contribution in [1.82, 2.24) is 0 Å². The first-order valence-corrected chi connectivity index (χ1v) is 7.17. The van der Waals surface area contributed by atoms with E-state index in [0.29, 0.717) is 12.3 Å². The van der Waals surface area contributed by atoms with E-state index in [1.807, 2.05) is 24.3 Å². The van der Waals surface area contributed by atoms with Crippen molar-refractivity contribution in [3.8, 4) is 5.75 Å². The molecule has 3 heteroatoms. The van der Waals surface area contributed by atoms with Gasteiger partial charge in [0.25, 0.3) is 0 Å². The van der Waals surface area contributed by atoms with E-state index < -0.39 is 6.10 Å². The van der Waals surface area contributed by atoms with E-state index in [2.05, 4.69) is 13.8 Å². The maximum Gasteiger partial charge on any atom is 0.125 e. The van der Waals surface area contributed by atoms with E-state index in [-0.39, 0.29) is 11.7 Å². The first kappa shape index (κ1) is 12.9. The molecule has 0 aromatic heterocycles. The summed E-state index contributed by atoms with van der Waals surface area (Å²) < 4.78 is 12.1. The Bertz CT molecular complexity index is 457. The zero-order chi connectivity index (χ0) is 13.5. The van der Waals surface area contributed by atoms with Gasteiger partial charge in [-0.25, -0.2) is 0 Å². The third kappa shape index (κ3) is 2.37. The number of ether oxygens (including phenoxy) is 2. The zero-order valence-electron chi connectivity index (χ0n) is 11.6. The number of para-hydroxylation sites is 1. The lowest BCUT2D eigenvalue weighted by Crippen LogP contribution is -2.49. The molecule has 1 N–H and O–H groups in total. The number of aliphatic hydroxyl groups is 1. The van der Waals surface area contributed by atoms with Crippen molar-refractivity contribution in [2.75, 3.05) is 6.61 Å². The van der Waals surface area contributed by atoms with Crippen molar-refractivity contribution >= 4 is 0 Å². The summed E-state index contributed by atoms with van der Waals surface area (Å²) in [4.78, 5) is 0. The van der Waals surface area contributed by atoms with Crippen molar-refractivity contribution < 1.29 is 14.6 Å². The molecule has 3 nitrogen and oxygen atoms in total. The molecular formula is C16H22O3. The van der Waals surface area contributed by atoms with Crippen LogP contribution in [0.5, 0.6) is 5.75 Å². The lowest BCUT2D eigenvalue weighted by molar-refractivity contribution is -0.127. The van der Waals surface area contributed by atoms with Crippen LogP contribution in [0.2, 0.25) is 0 Å². The van der Waals surface area contributed by atoms with E-state index in [4.69, 9.17) is 9.47 Å². The fourth-order valence-electron chi connectivity index (χ4n) is 3.22. The fraction of sp³-hybridized carbons (Fsp3) is 0.625. The molecule has 1 spiro atoms. The van der Waals surface area contributed by atoms with Gasteiger partial charge in [0.2, 0.25) is 0 Å². The molecule has 0 bridgehead atoms. The summed E-state index contributed by atoms with van der Waals surface area (Å²) in [5.41, 5.74) is 0.668. The van der Waals surface area contributed by atoms with Crippen LogP contribution in [-0.4, -0.2) is 23.4 Å². The van der Waals surface area contributed by atoms with E-state index in [1.165, 1.54) is 0 Å². The smallest absolute Gasteiger partial charge is 0.125 e. The molecule has 1 saturated heterocycles. The SMILES string of the molecule is CC(C)C1CC2(CCO1)C[C@@H](O)c1ccccc1O2. The Morgan fingerprint density at radius 2 is 2.05 bits per heavy atom. The van der Waals surface area contributed by atoms with Crippen LogP contribution < -0.4 is 4.74 Å². The second kappa shape index (κ2) is 4.80. The number of benzene rings is 1. The second-order valence-electron chi connectivity index (χ2n) is 6.15. The summed E-state index contributed by atoms with van der Waals surface area (Å²) in [6, 6.07) is 7.82. The van der Waals surface area contributed by atoms with Crippen LogP contribution in [0.3, 0.4) is 0 Å². The van der Waals surface area contributed by atoms with Gasteiger partial charge >= 0.3 is 0 Å². The van der Waals surface area contributed by atoms with Crippen LogP contribution in [0.4, 0.5) is 0 Å². The number of rotatable bonds is 1. The molecule has 0 saturated carbocycles. The van der Waals surface area contributed by atoms with Crippen molar-refractivity contribution in [1.29, 1.82) is 0 Å². The van der Waals surface area contributed by atoms with E-state index in [9.17, 15) is 5.11 Å². The quantitative estimate of drug-likeness (QED) is 0.845. The average molecular weight is 262 g/mol. The number of hydrogen-bond acceptors (Lipinski definition) is 3. The van der Waals surface area contributed by atoms with Gasteiger partial charge in [0.1, 0.15) is 11.4 Å². The highest BCUT2D eigenvalue weighted by Crippen LogP contribution is 2.45. The van der Waals surface area contributed by atoms with Crippen LogP contribution in [0.1, 0.15) is 44.8 Å². The predicted molar refractivity (Wildman–Crippen MR) is 73.2 cm³/mol. The summed E-state index contributed by atoms with van der Waals surface area (Å²) >= 11 is 0. The lowest BCUT2D eigenvalue weighted by Gasteiger charge is -2.46. The molecule has 2 heterocycles. The maximum absolute atomic E-state index is 10.4. The summed E-state index contributed by atoms with van der Waals surface area (Å²) in [5.74, 6) is 1.32. The Kier molecular flexibility index (Phi) is 3.27. The molecule has 0 aliphatic carbocycles. The fourth-order valence-corrected chi connectivity index (χ4v) is 3.22. The maximum atomic E-state index is 10.4. The number of aliphatic hydroxyl groups excluding tert-OH is 1. The number of hydrogen-bond donors (Lipinski definition) is 1. The minimum absolute atomic E-state index is 0.228. The van der Waals surface area contributed by atoms with Crippen molar-refractivity contribution in [3.63, 3.8) is 0 Å². The topological polar surface area (TPSA) is 38.7 Å². The van der Waals surface area contributed by atoms with Crippen molar-refractivity contribution in [2.24, 2.45) is 5.92 Å². The van der Waals surface area contributed by atoms with Gasteiger partial charge in [-0.1, -0.05) is 32.0 Å². The standard InChI is InChI=1S/C16H22O3/c1-11(2)15-10-16(7-8-18-15)9-13(17)12-5-3-4-6-14(12)19-16/h3-6,11,13,15,17H,7-10H2,1-2H3/t13-,15?,16?/m1/s1. The monoisotopic (exact) mass is 262 g/mol. The molecule has 2 aliphatic rings. The van der Waals surface area contributed by atoms with Gasteiger partial charge in [0, 0.05) is 24.8 Å². The molecule has 1 aromatic rings. The Morgan fingerprint density at radius 3 is 2.84 bits per heavy atom. The molecule has 3 rings (SSSR count). The minimum Gasteiger partial charge on any atom is -0.487 e. The minimum atomic E-state index is -0.420.